The number of rotatable bonds is 5. The lowest BCUT2D eigenvalue weighted by molar-refractivity contribution is 0.185. The van der Waals surface area contributed by atoms with Crippen molar-refractivity contribution in [3.8, 4) is 5.75 Å². The largest absolute Gasteiger partial charge is 0.483 e. The minimum absolute atomic E-state index is 0.184. The lowest BCUT2D eigenvalue weighted by Gasteiger charge is -2.12. The molecule has 0 bridgehead atoms. The van der Waals surface area contributed by atoms with Gasteiger partial charge in [-0.15, -0.1) is 0 Å². The molecule has 6 heteroatoms. The highest BCUT2D eigenvalue weighted by atomic mass is 79.9. The van der Waals surface area contributed by atoms with E-state index in [4.69, 9.17) is 9.26 Å². The molecule has 0 aliphatic carbocycles. The first-order valence-corrected chi connectivity index (χ1v) is 6.81. The predicted molar refractivity (Wildman–Crippen MR) is 72.8 cm³/mol. The van der Waals surface area contributed by atoms with Gasteiger partial charge in [0.15, 0.2) is 12.4 Å². The zero-order valence-corrected chi connectivity index (χ0v) is 12.3. The zero-order valence-electron chi connectivity index (χ0n) is 10.8. The van der Waals surface area contributed by atoms with Crippen molar-refractivity contribution >= 4 is 15.9 Å². The fraction of sp³-hybridized carbons (Fsp3) is 0.385. The Morgan fingerprint density at radius 1 is 1.47 bits per heavy atom. The number of hydrogen-bond donors (Lipinski definition) is 1. The molecule has 5 nitrogen and oxygen atoms in total. The Morgan fingerprint density at radius 3 is 2.89 bits per heavy atom. The monoisotopic (exact) mass is 326 g/mol. The minimum atomic E-state index is -0.600. The van der Waals surface area contributed by atoms with Crippen molar-refractivity contribution in [3.63, 3.8) is 0 Å². The van der Waals surface area contributed by atoms with Crippen LogP contribution in [0.5, 0.6) is 5.75 Å². The maximum Gasteiger partial charge on any atom is 0.264 e. The molecule has 0 aliphatic rings. The number of hydrogen-bond acceptors (Lipinski definition) is 5. The first-order valence-electron chi connectivity index (χ1n) is 6.02. The van der Waals surface area contributed by atoms with Gasteiger partial charge in [-0.25, -0.2) is 0 Å². The van der Waals surface area contributed by atoms with E-state index in [1.54, 1.807) is 13.0 Å². The van der Waals surface area contributed by atoms with Crippen molar-refractivity contribution in [2.75, 3.05) is 0 Å². The van der Waals surface area contributed by atoms with Crippen LogP contribution in [-0.2, 0) is 13.0 Å². The Bertz CT molecular complexity index is 555. The standard InChI is InChI=1S/C13H15BrN2O3/c1-3-12-15-13(19-16-12)7-18-11-6-9(14)4-5-10(11)8(2)17/h4-6,8,17H,3,7H2,1-2H3/t8-/m1/s1. The highest BCUT2D eigenvalue weighted by molar-refractivity contribution is 9.10. The van der Waals surface area contributed by atoms with Crippen molar-refractivity contribution in [2.45, 2.75) is 33.0 Å². The van der Waals surface area contributed by atoms with Gasteiger partial charge in [-0.05, 0) is 19.1 Å². The molecule has 0 unspecified atom stereocenters. The number of halogens is 1. The zero-order chi connectivity index (χ0) is 13.8. The summed E-state index contributed by atoms with van der Waals surface area (Å²) in [6, 6.07) is 5.48. The number of aromatic nitrogens is 2. The van der Waals surface area contributed by atoms with Gasteiger partial charge in [-0.2, -0.15) is 4.98 Å². The van der Waals surface area contributed by atoms with Gasteiger partial charge in [0.1, 0.15) is 5.75 Å². The van der Waals surface area contributed by atoms with Gasteiger partial charge >= 0.3 is 0 Å². The van der Waals surface area contributed by atoms with Gasteiger partial charge in [0.05, 0.1) is 6.10 Å². The molecule has 0 aliphatic heterocycles. The van der Waals surface area contributed by atoms with Crippen LogP contribution < -0.4 is 4.74 Å². The van der Waals surface area contributed by atoms with Crippen molar-refractivity contribution in [1.29, 1.82) is 0 Å². The summed E-state index contributed by atoms with van der Waals surface area (Å²) in [4.78, 5) is 4.16. The maximum atomic E-state index is 9.69. The molecule has 1 aromatic heterocycles. The molecule has 1 aromatic carbocycles. The summed E-state index contributed by atoms with van der Waals surface area (Å²) in [5.74, 6) is 1.68. The molecule has 0 amide bonds. The summed E-state index contributed by atoms with van der Waals surface area (Å²) in [7, 11) is 0. The molecule has 19 heavy (non-hydrogen) atoms. The molecule has 2 rings (SSSR count). The molecule has 0 saturated heterocycles. The summed E-state index contributed by atoms with van der Waals surface area (Å²) >= 11 is 3.37. The smallest absolute Gasteiger partial charge is 0.264 e. The number of nitrogens with zero attached hydrogens (tertiary/aromatic N) is 2. The summed E-state index contributed by atoms with van der Waals surface area (Å²) in [6.07, 6.45) is 0.122. The van der Waals surface area contributed by atoms with E-state index in [1.165, 1.54) is 0 Å². The molecule has 0 radical (unpaired) electrons. The van der Waals surface area contributed by atoms with Gasteiger partial charge in [0, 0.05) is 16.5 Å². The van der Waals surface area contributed by atoms with Gasteiger partial charge < -0.3 is 14.4 Å². The molecule has 0 fully saturated rings. The van der Waals surface area contributed by atoms with Gasteiger partial charge in [-0.1, -0.05) is 34.1 Å². The Morgan fingerprint density at radius 2 is 2.26 bits per heavy atom. The number of ether oxygens (including phenoxy) is 1. The van der Waals surface area contributed by atoms with E-state index in [9.17, 15) is 5.11 Å². The highest BCUT2D eigenvalue weighted by Gasteiger charge is 2.12. The lowest BCUT2D eigenvalue weighted by Crippen LogP contribution is -2.01. The van der Waals surface area contributed by atoms with Crippen LogP contribution in [0.4, 0.5) is 0 Å². The topological polar surface area (TPSA) is 68.4 Å². The van der Waals surface area contributed by atoms with Crippen molar-refractivity contribution in [3.05, 3.63) is 40.0 Å². The minimum Gasteiger partial charge on any atom is -0.483 e. The average Bonchev–Trinajstić information content (AvgIpc) is 2.84. The van der Waals surface area contributed by atoms with E-state index in [2.05, 4.69) is 26.1 Å². The van der Waals surface area contributed by atoms with Crippen LogP contribution in [0.15, 0.2) is 27.2 Å². The van der Waals surface area contributed by atoms with E-state index in [1.807, 2.05) is 19.1 Å². The second-order valence-electron chi connectivity index (χ2n) is 4.10. The van der Waals surface area contributed by atoms with E-state index in [0.29, 0.717) is 17.5 Å². The molecule has 1 atom stereocenters. The molecule has 0 saturated carbocycles. The predicted octanol–water partition coefficient (Wildman–Crippen LogP) is 3.03. The van der Waals surface area contributed by atoms with Crippen LogP contribution in [0.3, 0.4) is 0 Å². The summed E-state index contributed by atoms with van der Waals surface area (Å²) < 4.78 is 11.6. The molecule has 1 heterocycles. The fourth-order valence-corrected chi connectivity index (χ4v) is 1.95. The Hall–Kier alpha value is -1.40. The third-order valence-corrected chi connectivity index (χ3v) is 3.10. The SMILES string of the molecule is CCc1noc(COc2cc(Br)ccc2[C@@H](C)O)n1. The summed E-state index contributed by atoms with van der Waals surface area (Å²) in [5, 5.41) is 13.5. The second kappa shape index (κ2) is 6.16. The molecular weight excluding hydrogens is 312 g/mol. The van der Waals surface area contributed by atoms with Crippen LogP contribution in [-0.4, -0.2) is 15.2 Å². The van der Waals surface area contributed by atoms with Crippen molar-refractivity contribution in [1.82, 2.24) is 10.1 Å². The van der Waals surface area contributed by atoms with E-state index >= 15 is 0 Å². The van der Waals surface area contributed by atoms with E-state index < -0.39 is 6.10 Å². The van der Waals surface area contributed by atoms with Gasteiger partial charge in [0.2, 0.25) is 0 Å². The molecule has 2 aromatic rings. The van der Waals surface area contributed by atoms with Gasteiger partial charge in [0.25, 0.3) is 5.89 Å². The van der Waals surface area contributed by atoms with E-state index in [0.717, 1.165) is 16.5 Å². The van der Waals surface area contributed by atoms with E-state index in [-0.39, 0.29) is 6.61 Å². The Labute approximate surface area is 119 Å². The average molecular weight is 327 g/mol. The molecular formula is C13H15BrN2O3. The number of aliphatic hydroxyl groups excluding tert-OH is 1. The lowest BCUT2D eigenvalue weighted by atomic mass is 10.1. The summed E-state index contributed by atoms with van der Waals surface area (Å²) in [6.45, 7) is 3.83. The first kappa shape index (κ1) is 14.0. The van der Waals surface area contributed by atoms with Crippen LogP contribution >= 0.6 is 15.9 Å². The molecule has 0 spiro atoms. The van der Waals surface area contributed by atoms with Crippen LogP contribution in [0.25, 0.3) is 0 Å². The molecule has 1 N–H and O–H groups in total. The normalized spacial score (nSPS) is 12.4. The number of aliphatic hydroxyl groups is 1. The maximum absolute atomic E-state index is 9.69. The Kier molecular flexibility index (Phi) is 4.55. The first-order chi connectivity index (χ1) is 9.10. The highest BCUT2D eigenvalue weighted by Crippen LogP contribution is 2.29. The number of benzene rings is 1. The third kappa shape index (κ3) is 3.54. The number of aryl methyl sites for hydroxylation is 1. The summed E-state index contributed by atoms with van der Waals surface area (Å²) in [5.41, 5.74) is 0.721. The third-order valence-electron chi connectivity index (χ3n) is 2.60. The van der Waals surface area contributed by atoms with Crippen molar-refractivity contribution < 1.29 is 14.4 Å². The second-order valence-corrected chi connectivity index (χ2v) is 5.02. The quantitative estimate of drug-likeness (QED) is 0.914. The van der Waals surface area contributed by atoms with Gasteiger partial charge in [-0.3, -0.25) is 0 Å². The fourth-order valence-electron chi connectivity index (χ4n) is 1.61. The van der Waals surface area contributed by atoms with Crippen LogP contribution in [0.1, 0.15) is 37.2 Å². The molecule has 102 valence electrons. The van der Waals surface area contributed by atoms with Crippen LogP contribution in [0, 0.1) is 0 Å². The Balaban J connectivity index is 2.12. The van der Waals surface area contributed by atoms with Crippen molar-refractivity contribution in [2.24, 2.45) is 0 Å². The van der Waals surface area contributed by atoms with Crippen LogP contribution in [0.2, 0.25) is 0 Å².